The predicted molar refractivity (Wildman–Crippen MR) is 92.8 cm³/mol. The maximum Gasteiger partial charge on any atom is 0.137 e. The van der Waals surface area contributed by atoms with Crippen molar-refractivity contribution >= 4 is 6.08 Å². The zero-order valence-electron chi connectivity index (χ0n) is 13.7. The SMILES string of the molecule is Cn1ccnc1C(O)C1CCN(CC=Cc2ccccc2)CC1. The van der Waals surface area contributed by atoms with Gasteiger partial charge in [-0.2, -0.15) is 0 Å². The average molecular weight is 311 g/mol. The van der Waals surface area contributed by atoms with Crippen LogP contribution < -0.4 is 0 Å². The van der Waals surface area contributed by atoms with E-state index in [2.05, 4.69) is 46.3 Å². The van der Waals surface area contributed by atoms with Gasteiger partial charge in [0.05, 0.1) is 0 Å². The van der Waals surface area contributed by atoms with Gasteiger partial charge in [0.15, 0.2) is 0 Å². The van der Waals surface area contributed by atoms with Gasteiger partial charge in [0.2, 0.25) is 0 Å². The zero-order valence-corrected chi connectivity index (χ0v) is 13.7. The van der Waals surface area contributed by atoms with Crippen LogP contribution in [0.3, 0.4) is 0 Å². The Balaban J connectivity index is 1.47. The summed E-state index contributed by atoms with van der Waals surface area (Å²) in [4.78, 5) is 6.73. The molecule has 0 saturated carbocycles. The Labute approximate surface area is 138 Å². The third kappa shape index (κ3) is 4.09. The van der Waals surface area contributed by atoms with Crippen molar-refractivity contribution in [1.82, 2.24) is 14.5 Å². The molecule has 1 fully saturated rings. The fraction of sp³-hybridized carbons (Fsp3) is 0.421. The van der Waals surface area contributed by atoms with E-state index in [1.165, 1.54) is 5.56 Å². The first-order valence-corrected chi connectivity index (χ1v) is 8.33. The first-order valence-electron chi connectivity index (χ1n) is 8.33. The average Bonchev–Trinajstić information content (AvgIpc) is 3.02. The van der Waals surface area contributed by atoms with Crippen LogP contribution in [0.2, 0.25) is 0 Å². The van der Waals surface area contributed by atoms with Crippen LogP contribution in [-0.2, 0) is 7.05 Å². The molecule has 4 heteroatoms. The molecule has 1 N–H and O–H groups in total. The minimum absolute atomic E-state index is 0.311. The third-order valence-corrected chi connectivity index (χ3v) is 4.68. The highest BCUT2D eigenvalue weighted by atomic mass is 16.3. The van der Waals surface area contributed by atoms with Crippen molar-refractivity contribution in [3.05, 3.63) is 60.2 Å². The molecule has 3 rings (SSSR count). The minimum atomic E-state index is -0.447. The van der Waals surface area contributed by atoms with Gasteiger partial charge in [-0.05, 0) is 37.4 Å². The highest BCUT2D eigenvalue weighted by molar-refractivity contribution is 5.48. The summed E-state index contributed by atoms with van der Waals surface area (Å²) in [7, 11) is 1.94. The van der Waals surface area contributed by atoms with Crippen molar-refractivity contribution in [3.63, 3.8) is 0 Å². The second kappa shape index (κ2) is 7.57. The minimum Gasteiger partial charge on any atom is -0.385 e. The topological polar surface area (TPSA) is 41.3 Å². The fourth-order valence-electron chi connectivity index (χ4n) is 3.23. The van der Waals surface area contributed by atoms with Gasteiger partial charge < -0.3 is 9.67 Å². The summed E-state index contributed by atoms with van der Waals surface area (Å²) in [6.45, 7) is 3.04. The first-order chi connectivity index (χ1) is 11.2. The van der Waals surface area contributed by atoms with Gasteiger partial charge >= 0.3 is 0 Å². The van der Waals surface area contributed by atoms with E-state index in [-0.39, 0.29) is 0 Å². The summed E-state index contributed by atoms with van der Waals surface area (Å²) in [6.07, 6.45) is 9.64. The van der Waals surface area contributed by atoms with Gasteiger partial charge in [0.25, 0.3) is 0 Å². The Hall–Kier alpha value is -1.91. The number of benzene rings is 1. The van der Waals surface area contributed by atoms with Gasteiger partial charge in [-0.15, -0.1) is 0 Å². The normalized spacial score (nSPS) is 18.5. The molecule has 2 heterocycles. The molecule has 0 spiro atoms. The molecule has 1 unspecified atom stereocenters. The molecule has 122 valence electrons. The van der Waals surface area contributed by atoms with E-state index in [0.29, 0.717) is 5.92 Å². The van der Waals surface area contributed by atoms with Crippen LogP contribution in [0.1, 0.15) is 30.3 Å². The second-order valence-electron chi connectivity index (χ2n) is 6.29. The Morgan fingerprint density at radius 1 is 1.26 bits per heavy atom. The smallest absolute Gasteiger partial charge is 0.137 e. The number of imidazole rings is 1. The van der Waals surface area contributed by atoms with Gasteiger partial charge in [-0.25, -0.2) is 4.98 Å². The zero-order chi connectivity index (χ0) is 16.1. The Kier molecular flexibility index (Phi) is 5.26. The number of piperidine rings is 1. The second-order valence-corrected chi connectivity index (χ2v) is 6.29. The molecule has 0 aliphatic carbocycles. The lowest BCUT2D eigenvalue weighted by molar-refractivity contribution is 0.0541. The molecule has 1 aliphatic heterocycles. The molecular weight excluding hydrogens is 286 g/mol. The summed E-state index contributed by atoms with van der Waals surface area (Å²) in [6, 6.07) is 10.4. The maximum absolute atomic E-state index is 10.5. The van der Waals surface area contributed by atoms with Gasteiger partial charge in [0, 0.05) is 26.0 Å². The van der Waals surface area contributed by atoms with Crippen molar-refractivity contribution in [1.29, 1.82) is 0 Å². The number of aliphatic hydroxyl groups excluding tert-OH is 1. The summed E-state index contributed by atoms with van der Waals surface area (Å²) < 4.78 is 1.92. The largest absolute Gasteiger partial charge is 0.385 e. The first kappa shape index (κ1) is 16.0. The molecule has 0 amide bonds. The van der Waals surface area contributed by atoms with Crippen LogP contribution in [0, 0.1) is 5.92 Å². The van der Waals surface area contributed by atoms with Crippen molar-refractivity contribution < 1.29 is 5.11 Å². The lowest BCUT2D eigenvalue weighted by Crippen LogP contribution is -2.36. The van der Waals surface area contributed by atoms with Crippen LogP contribution >= 0.6 is 0 Å². The highest BCUT2D eigenvalue weighted by Crippen LogP contribution is 2.29. The molecule has 1 atom stereocenters. The van der Waals surface area contributed by atoms with Crippen molar-refractivity contribution in [2.24, 2.45) is 13.0 Å². The predicted octanol–water partition coefficient (Wildman–Crippen LogP) is 2.88. The fourth-order valence-corrected chi connectivity index (χ4v) is 3.23. The van der Waals surface area contributed by atoms with Gasteiger partial charge in [0.1, 0.15) is 11.9 Å². The molecule has 23 heavy (non-hydrogen) atoms. The van der Waals surface area contributed by atoms with Crippen LogP contribution in [0.5, 0.6) is 0 Å². The maximum atomic E-state index is 10.5. The number of rotatable bonds is 5. The number of aryl methyl sites for hydroxylation is 1. The number of hydrogen-bond acceptors (Lipinski definition) is 3. The Morgan fingerprint density at radius 2 is 2.00 bits per heavy atom. The van der Waals surface area contributed by atoms with E-state index < -0.39 is 6.10 Å². The van der Waals surface area contributed by atoms with E-state index in [1.807, 2.05) is 23.9 Å². The molecule has 0 bridgehead atoms. The lowest BCUT2D eigenvalue weighted by atomic mass is 9.90. The molecule has 1 aliphatic rings. The van der Waals surface area contributed by atoms with E-state index in [9.17, 15) is 5.11 Å². The van der Waals surface area contributed by atoms with E-state index in [1.54, 1.807) is 6.20 Å². The highest BCUT2D eigenvalue weighted by Gasteiger charge is 2.27. The number of hydrogen-bond donors (Lipinski definition) is 1. The molecule has 1 aromatic heterocycles. The standard InChI is InChI=1S/C19H25N3O/c1-21-15-11-20-19(21)18(23)17-9-13-22(14-10-17)12-5-8-16-6-3-2-4-7-16/h2-8,11,15,17-18,23H,9-10,12-14H2,1H3. The summed E-state index contributed by atoms with van der Waals surface area (Å²) >= 11 is 0. The molecule has 0 radical (unpaired) electrons. The molecule has 2 aromatic rings. The van der Waals surface area contributed by atoms with Crippen LogP contribution in [0.4, 0.5) is 0 Å². The van der Waals surface area contributed by atoms with Crippen LogP contribution in [-0.4, -0.2) is 39.2 Å². The Morgan fingerprint density at radius 3 is 2.65 bits per heavy atom. The monoisotopic (exact) mass is 311 g/mol. The number of likely N-dealkylation sites (tertiary alicyclic amines) is 1. The quantitative estimate of drug-likeness (QED) is 0.923. The molecular formula is C19H25N3O. The molecule has 4 nitrogen and oxygen atoms in total. The van der Waals surface area contributed by atoms with Crippen LogP contribution in [0.15, 0.2) is 48.8 Å². The number of aliphatic hydroxyl groups is 1. The Bertz CT molecular complexity index is 627. The number of aromatic nitrogens is 2. The lowest BCUT2D eigenvalue weighted by Gasteiger charge is -2.33. The van der Waals surface area contributed by atoms with Crippen LogP contribution in [0.25, 0.3) is 6.08 Å². The van der Waals surface area contributed by atoms with Crippen molar-refractivity contribution in [2.75, 3.05) is 19.6 Å². The molecule has 1 saturated heterocycles. The van der Waals surface area contributed by atoms with E-state index in [0.717, 1.165) is 38.3 Å². The van der Waals surface area contributed by atoms with Gasteiger partial charge in [-0.1, -0.05) is 42.5 Å². The summed E-state index contributed by atoms with van der Waals surface area (Å²) in [5.41, 5.74) is 1.24. The van der Waals surface area contributed by atoms with Gasteiger partial charge in [-0.3, -0.25) is 4.90 Å². The molecule has 1 aromatic carbocycles. The van der Waals surface area contributed by atoms with Crippen molar-refractivity contribution in [3.8, 4) is 0 Å². The summed E-state index contributed by atoms with van der Waals surface area (Å²) in [5.74, 6) is 1.10. The third-order valence-electron chi connectivity index (χ3n) is 4.68. The van der Waals surface area contributed by atoms with Crippen molar-refractivity contribution in [2.45, 2.75) is 18.9 Å². The summed E-state index contributed by atoms with van der Waals surface area (Å²) in [5, 5.41) is 10.5. The van der Waals surface area contributed by atoms with E-state index >= 15 is 0 Å². The number of nitrogens with zero attached hydrogens (tertiary/aromatic N) is 3. The van der Waals surface area contributed by atoms with E-state index in [4.69, 9.17) is 0 Å².